The number of methoxy groups -OCH3 is 1. The Morgan fingerprint density at radius 2 is 1.78 bits per heavy atom. The van der Waals surface area contributed by atoms with Gasteiger partial charge in [0.1, 0.15) is 5.75 Å². The number of hydrogen-bond donors (Lipinski definition) is 0. The molecule has 0 bridgehead atoms. The van der Waals surface area contributed by atoms with Gasteiger partial charge < -0.3 is 9.47 Å². The minimum Gasteiger partial charge on any atom is -0.497 e. The molecule has 2 heterocycles. The molecule has 0 N–H and O–H groups in total. The first-order valence-electron chi connectivity index (χ1n) is 10.3. The molecule has 0 spiro atoms. The molecule has 1 aliphatic rings. The number of hydrogen-bond acceptors (Lipinski definition) is 6. The van der Waals surface area contributed by atoms with Crippen LogP contribution in [0.4, 0.5) is 0 Å². The molecular formula is C23H25N3O5S. The SMILES string of the molecule is CCOC(=O)c1nn(-c2ccc(C)cc2)c2c1CN(S(=O)(=O)c1ccc(OC)cc1)CC2. The van der Waals surface area contributed by atoms with Gasteiger partial charge in [0, 0.05) is 25.1 Å². The van der Waals surface area contributed by atoms with Gasteiger partial charge in [0.2, 0.25) is 10.0 Å². The van der Waals surface area contributed by atoms with Gasteiger partial charge in [0.05, 0.1) is 30.0 Å². The summed E-state index contributed by atoms with van der Waals surface area (Å²) in [5.41, 5.74) is 3.47. The first kappa shape index (κ1) is 22.0. The van der Waals surface area contributed by atoms with E-state index in [-0.39, 0.29) is 30.3 Å². The lowest BCUT2D eigenvalue weighted by Gasteiger charge is -2.27. The van der Waals surface area contributed by atoms with Gasteiger partial charge in [0.25, 0.3) is 0 Å². The second-order valence-electron chi connectivity index (χ2n) is 7.51. The van der Waals surface area contributed by atoms with Crippen LogP contribution in [0, 0.1) is 6.92 Å². The van der Waals surface area contributed by atoms with Gasteiger partial charge in [-0.2, -0.15) is 9.40 Å². The Morgan fingerprint density at radius 1 is 1.09 bits per heavy atom. The van der Waals surface area contributed by atoms with E-state index in [0.29, 0.717) is 17.7 Å². The quantitative estimate of drug-likeness (QED) is 0.531. The van der Waals surface area contributed by atoms with Crippen LogP contribution >= 0.6 is 0 Å². The number of aryl methyl sites for hydroxylation is 1. The fourth-order valence-corrected chi connectivity index (χ4v) is 5.17. The maximum atomic E-state index is 13.3. The van der Waals surface area contributed by atoms with Crippen LogP contribution in [0.5, 0.6) is 5.75 Å². The molecule has 2 aromatic carbocycles. The van der Waals surface area contributed by atoms with Gasteiger partial charge in [0.15, 0.2) is 5.69 Å². The molecule has 0 radical (unpaired) electrons. The summed E-state index contributed by atoms with van der Waals surface area (Å²) < 4.78 is 39.9. The standard InChI is InChI=1S/C23H25N3O5S/c1-4-31-23(27)22-20-15-25(32(28,29)19-11-9-18(30-3)10-12-19)14-13-21(20)26(24-22)17-7-5-16(2)6-8-17/h5-12H,4,13-15H2,1-3H3. The number of ether oxygens (including phenoxy) is 2. The highest BCUT2D eigenvalue weighted by molar-refractivity contribution is 7.89. The monoisotopic (exact) mass is 455 g/mol. The molecule has 8 nitrogen and oxygen atoms in total. The average molecular weight is 456 g/mol. The number of benzene rings is 2. The number of carbonyl (C=O) groups excluding carboxylic acids is 1. The number of sulfonamides is 1. The van der Waals surface area contributed by atoms with E-state index in [9.17, 15) is 13.2 Å². The Hall–Kier alpha value is -3.17. The normalized spacial score (nSPS) is 14.1. The van der Waals surface area contributed by atoms with Crippen LogP contribution in [0.15, 0.2) is 53.4 Å². The zero-order valence-corrected chi connectivity index (χ0v) is 19.1. The van der Waals surface area contributed by atoms with E-state index < -0.39 is 16.0 Å². The van der Waals surface area contributed by atoms with Gasteiger partial charge in [-0.1, -0.05) is 17.7 Å². The fourth-order valence-electron chi connectivity index (χ4n) is 3.76. The fraction of sp³-hybridized carbons (Fsp3) is 0.304. The lowest BCUT2D eigenvalue weighted by molar-refractivity contribution is 0.0517. The van der Waals surface area contributed by atoms with E-state index in [1.807, 2.05) is 31.2 Å². The maximum absolute atomic E-state index is 13.3. The Labute approximate surface area is 187 Å². The number of aromatic nitrogens is 2. The van der Waals surface area contributed by atoms with E-state index in [0.717, 1.165) is 16.9 Å². The molecule has 0 unspecified atom stereocenters. The predicted octanol–water partition coefficient (Wildman–Crippen LogP) is 3.11. The summed E-state index contributed by atoms with van der Waals surface area (Å²) in [7, 11) is -2.23. The van der Waals surface area contributed by atoms with E-state index in [1.54, 1.807) is 23.7 Å². The van der Waals surface area contributed by atoms with Crippen LogP contribution < -0.4 is 4.74 Å². The second-order valence-corrected chi connectivity index (χ2v) is 9.44. The van der Waals surface area contributed by atoms with Crippen molar-refractivity contribution in [2.24, 2.45) is 0 Å². The summed E-state index contributed by atoms with van der Waals surface area (Å²) in [4.78, 5) is 12.8. The van der Waals surface area contributed by atoms with Crippen LogP contribution in [0.3, 0.4) is 0 Å². The molecule has 0 atom stereocenters. The van der Waals surface area contributed by atoms with Crippen molar-refractivity contribution in [3.05, 3.63) is 71.0 Å². The third kappa shape index (κ3) is 4.01. The molecule has 0 amide bonds. The van der Waals surface area contributed by atoms with E-state index in [1.165, 1.54) is 23.5 Å². The minimum atomic E-state index is -3.76. The smallest absolute Gasteiger partial charge is 0.359 e. The van der Waals surface area contributed by atoms with E-state index >= 15 is 0 Å². The van der Waals surface area contributed by atoms with Crippen molar-refractivity contribution in [1.82, 2.24) is 14.1 Å². The highest BCUT2D eigenvalue weighted by Gasteiger charge is 2.34. The molecule has 4 rings (SSSR count). The van der Waals surface area contributed by atoms with Gasteiger partial charge in [-0.05, 0) is 50.2 Å². The van der Waals surface area contributed by atoms with Crippen molar-refractivity contribution in [3.8, 4) is 11.4 Å². The Kier molecular flexibility index (Phi) is 6.03. The average Bonchev–Trinajstić information content (AvgIpc) is 3.19. The van der Waals surface area contributed by atoms with Crippen molar-refractivity contribution in [2.75, 3.05) is 20.3 Å². The summed E-state index contributed by atoms with van der Waals surface area (Å²) in [5, 5.41) is 4.53. The molecule has 0 fully saturated rings. The van der Waals surface area contributed by atoms with Crippen molar-refractivity contribution in [3.63, 3.8) is 0 Å². The van der Waals surface area contributed by atoms with Crippen LogP contribution in [-0.4, -0.2) is 48.7 Å². The number of esters is 1. The maximum Gasteiger partial charge on any atom is 0.359 e. The van der Waals surface area contributed by atoms with Gasteiger partial charge in [-0.3, -0.25) is 0 Å². The summed E-state index contributed by atoms with van der Waals surface area (Å²) in [6.45, 7) is 4.25. The molecule has 1 aromatic heterocycles. The molecule has 0 saturated heterocycles. The topological polar surface area (TPSA) is 90.7 Å². The number of fused-ring (bicyclic) bond motifs is 1. The largest absolute Gasteiger partial charge is 0.497 e. The minimum absolute atomic E-state index is 0.0453. The molecule has 0 aliphatic carbocycles. The van der Waals surface area contributed by atoms with Gasteiger partial charge >= 0.3 is 5.97 Å². The first-order chi connectivity index (χ1) is 15.3. The molecule has 32 heavy (non-hydrogen) atoms. The van der Waals surface area contributed by atoms with E-state index in [4.69, 9.17) is 9.47 Å². The Balaban J connectivity index is 1.73. The summed E-state index contributed by atoms with van der Waals surface area (Å²) in [6.07, 6.45) is 0.422. The highest BCUT2D eigenvalue weighted by atomic mass is 32.2. The Bertz CT molecular complexity index is 1230. The number of rotatable bonds is 6. The zero-order valence-electron chi connectivity index (χ0n) is 18.2. The Morgan fingerprint density at radius 3 is 2.41 bits per heavy atom. The lowest BCUT2D eigenvalue weighted by atomic mass is 10.1. The van der Waals surface area contributed by atoms with Crippen molar-refractivity contribution >= 4 is 16.0 Å². The number of carbonyl (C=O) groups is 1. The second kappa shape index (κ2) is 8.76. The molecule has 0 saturated carbocycles. The predicted molar refractivity (Wildman–Crippen MR) is 119 cm³/mol. The summed E-state index contributed by atoms with van der Waals surface area (Å²) in [5.74, 6) is 0.0205. The molecule has 1 aliphatic heterocycles. The molecule has 3 aromatic rings. The van der Waals surface area contributed by atoms with Gasteiger partial charge in [-0.15, -0.1) is 0 Å². The van der Waals surface area contributed by atoms with Crippen molar-refractivity contribution in [2.45, 2.75) is 31.7 Å². The first-order valence-corrected chi connectivity index (χ1v) is 11.8. The van der Waals surface area contributed by atoms with Crippen LogP contribution in [0.25, 0.3) is 5.69 Å². The third-order valence-electron chi connectivity index (χ3n) is 5.47. The number of nitrogens with zero attached hydrogens (tertiary/aromatic N) is 3. The van der Waals surface area contributed by atoms with Crippen molar-refractivity contribution in [1.29, 1.82) is 0 Å². The van der Waals surface area contributed by atoms with Crippen LogP contribution in [-0.2, 0) is 27.7 Å². The molecule has 168 valence electrons. The van der Waals surface area contributed by atoms with Crippen LogP contribution in [0.1, 0.15) is 34.2 Å². The lowest BCUT2D eigenvalue weighted by Crippen LogP contribution is -2.36. The van der Waals surface area contributed by atoms with Gasteiger partial charge in [-0.25, -0.2) is 17.9 Å². The third-order valence-corrected chi connectivity index (χ3v) is 7.33. The summed E-state index contributed by atoms with van der Waals surface area (Å²) >= 11 is 0. The zero-order chi connectivity index (χ0) is 22.9. The molecule has 9 heteroatoms. The summed E-state index contributed by atoms with van der Waals surface area (Å²) in [6, 6.07) is 14.1. The molecular weight excluding hydrogens is 430 g/mol. The van der Waals surface area contributed by atoms with Crippen LogP contribution in [0.2, 0.25) is 0 Å². The van der Waals surface area contributed by atoms with E-state index in [2.05, 4.69) is 5.10 Å². The van der Waals surface area contributed by atoms with Crippen molar-refractivity contribution < 1.29 is 22.7 Å². The highest BCUT2D eigenvalue weighted by Crippen LogP contribution is 2.30.